The van der Waals surface area contributed by atoms with E-state index in [1.165, 1.54) is 18.5 Å². The molecule has 0 spiro atoms. The lowest BCUT2D eigenvalue weighted by molar-refractivity contribution is 0.485. The molecule has 1 aromatic heterocycles. The van der Waals surface area contributed by atoms with Gasteiger partial charge in [-0.05, 0) is 19.2 Å². The Morgan fingerprint density at radius 3 is 2.71 bits per heavy atom. The first-order valence-electron chi connectivity index (χ1n) is 5.11. The summed E-state index contributed by atoms with van der Waals surface area (Å²) < 4.78 is 26.8. The molecule has 0 amide bonds. The minimum atomic E-state index is -0.864. The van der Waals surface area contributed by atoms with E-state index in [0.717, 1.165) is 6.07 Å². The van der Waals surface area contributed by atoms with Gasteiger partial charge in [-0.2, -0.15) is 0 Å². The number of nitrogens with zero attached hydrogens (tertiary/aromatic N) is 2. The second-order valence-electron chi connectivity index (χ2n) is 3.50. The molecule has 2 aromatic rings. The minimum absolute atomic E-state index is 0.228. The molecule has 3 nitrogen and oxygen atoms in total. The molecule has 0 aliphatic carbocycles. The quantitative estimate of drug-likeness (QED) is 0.884. The van der Waals surface area contributed by atoms with Gasteiger partial charge in [-0.3, -0.25) is 0 Å². The lowest BCUT2D eigenvalue weighted by Gasteiger charge is -2.16. The van der Waals surface area contributed by atoms with E-state index in [4.69, 9.17) is 0 Å². The molecule has 0 bridgehead atoms. The first kappa shape index (κ1) is 11.6. The Balaban J connectivity index is 2.46. The van der Waals surface area contributed by atoms with Crippen LogP contribution < -0.4 is 5.32 Å². The fourth-order valence-electron chi connectivity index (χ4n) is 1.68. The van der Waals surface area contributed by atoms with Crippen molar-refractivity contribution in [3.63, 3.8) is 0 Å². The normalized spacial score (nSPS) is 12.4. The number of hydrogen-bond donors (Lipinski definition) is 1. The fraction of sp³-hybridized carbons (Fsp3) is 0.167. The highest BCUT2D eigenvalue weighted by atomic mass is 19.2. The maximum Gasteiger partial charge on any atom is 0.163 e. The fourth-order valence-corrected chi connectivity index (χ4v) is 1.68. The Kier molecular flexibility index (Phi) is 3.39. The maximum absolute atomic E-state index is 13.7. The first-order chi connectivity index (χ1) is 8.24. The Morgan fingerprint density at radius 1 is 1.24 bits per heavy atom. The third-order valence-corrected chi connectivity index (χ3v) is 2.48. The predicted octanol–water partition coefficient (Wildman–Crippen LogP) is 2.06. The van der Waals surface area contributed by atoms with Gasteiger partial charge in [0.25, 0.3) is 0 Å². The molecular weight excluding hydrogens is 224 g/mol. The summed E-state index contributed by atoms with van der Waals surface area (Å²) in [4.78, 5) is 7.82. The van der Waals surface area contributed by atoms with Crippen molar-refractivity contribution < 1.29 is 8.78 Å². The molecule has 5 heteroatoms. The summed E-state index contributed by atoms with van der Waals surface area (Å²) in [6.45, 7) is 0. The van der Waals surface area contributed by atoms with Gasteiger partial charge < -0.3 is 5.32 Å². The number of nitrogens with one attached hydrogen (secondary N) is 1. The molecule has 0 aliphatic rings. The minimum Gasteiger partial charge on any atom is -0.308 e. The van der Waals surface area contributed by atoms with Crippen LogP contribution in [0.25, 0.3) is 0 Å². The van der Waals surface area contributed by atoms with Gasteiger partial charge in [-0.1, -0.05) is 12.1 Å². The van der Waals surface area contributed by atoms with Crippen LogP contribution in [0.15, 0.2) is 36.8 Å². The highest BCUT2D eigenvalue weighted by molar-refractivity contribution is 5.29. The second-order valence-corrected chi connectivity index (χ2v) is 3.50. The molecule has 0 saturated heterocycles. The highest BCUT2D eigenvalue weighted by Gasteiger charge is 2.19. The monoisotopic (exact) mass is 235 g/mol. The molecule has 1 unspecified atom stereocenters. The highest BCUT2D eigenvalue weighted by Crippen LogP contribution is 2.23. The number of hydrogen-bond acceptors (Lipinski definition) is 3. The van der Waals surface area contributed by atoms with E-state index < -0.39 is 17.7 Å². The van der Waals surface area contributed by atoms with Crippen molar-refractivity contribution in [3.8, 4) is 0 Å². The molecule has 0 saturated carbocycles. The summed E-state index contributed by atoms with van der Waals surface area (Å²) in [7, 11) is 1.66. The van der Waals surface area contributed by atoms with Gasteiger partial charge in [0.05, 0.1) is 11.7 Å². The molecule has 0 aliphatic heterocycles. The molecule has 0 fully saturated rings. The van der Waals surface area contributed by atoms with Crippen LogP contribution in [0.3, 0.4) is 0 Å². The zero-order valence-electron chi connectivity index (χ0n) is 9.19. The van der Waals surface area contributed by atoms with Crippen LogP contribution in [0.2, 0.25) is 0 Å². The molecule has 1 N–H and O–H groups in total. The third kappa shape index (κ3) is 2.29. The Hall–Kier alpha value is -1.88. The largest absolute Gasteiger partial charge is 0.308 e. The van der Waals surface area contributed by atoms with Crippen molar-refractivity contribution in [1.29, 1.82) is 0 Å². The van der Waals surface area contributed by atoms with Crippen molar-refractivity contribution in [1.82, 2.24) is 15.3 Å². The molecule has 1 heterocycles. The summed E-state index contributed by atoms with van der Waals surface area (Å²) in [5, 5.41) is 2.91. The van der Waals surface area contributed by atoms with Crippen molar-refractivity contribution in [2.75, 3.05) is 7.05 Å². The van der Waals surface area contributed by atoms with Crippen LogP contribution in [-0.4, -0.2) is 17.0 Å². The van der Waals surface area contributed by atoms with Crippen molar-refractivity contribution >= 4 is 0 Å². The number of aromatic nitrogens is 2. The number of rotatable bonds is 3. The van der Waals surface area contributed by atoms with E-state index >= 15 is 0 Å². The van der Waals surface area contributed by atoms with Gasteiger partial charge >= 0.3 is 0 Å². The van der Waals surface area contributed by atoms with Crippen LogP contribution in [0.5, 0.6) is 0 Å². The van der Waals surface area contributed by atoms with E-state index in [1.807, 2.05) is 0 Å². The number of benzene rings is 1. The van der Waals surface area contributed by atoms with Crippen molar-refractivity contribution in [2.45, 2.75) is 6.04 Å². The van der Waals surface area contributed by atoms with Gasteiger partial charge in [0.1, 0.15) is 6.33 Å². The number of halogens is 2. The van der Waals surface area contributed by atoms with Gasteiger partial charge in [0, 0.05) is 11.8 Å². The first-order valence-corrected chi connectivity index (χ1v) is 5.11. The van der Waals surface area contributed by atoms with E-state index in [9.17, 15) is 8.78 Å². The molecule has 2 rings (SSSR count). The SMILES string of the molecule is CNC(c1ccncn1)c1cccc(F)c1F. The van der Waals surface area contributed by atoms with E-state index in [1.54, 1.807) is 19.3 Å². The molecule has 1 atom stereocenters. The summed E-state index contributed by atoms with van der Waals surface area (Å²) in [6, 6.07) is 5.26. The standard InChI is InChI=1S/C12H11F2N3/c1-15-12(10-5-6-16-7-17-10)8-3-2-4-9(13)11(8)14/h2-7,12,15H,1H3. The molecular formula is C12H11F2N3. The second kappa shape index (κ2) is 4.97. The van der Waals surface area contributed by atoms with Crippen LogP contribution in [-0.2, 0) is 0 Å². The zero-order valence-corrected chi connectivity index (χ0v) is 9.19. The summed E-state index contributed by atoms with van der Waals surface area (Å²) in [6.07, 6.45) is 2.93. The van der Waals surface area contributed by atoms with Crippen LogP contribution >= 0.6 is 0 Å². The molecule has 1 aromatic carbocycles. The van der Waals surface area contributed by atoms with Crippen LogP contribution in [0.4, 0.5) is 8.78 Å². The Labute approximate surface area is 97.5 Å². The maximum atomic E-state index is 13.7. The van der Waals surface area contributed by atoms with E-state index in [0.29, 0.717) is 5.69 Å². The van der Waals surface area contributed by atoms with Gasteiger partial charge in [0.15, 0.2) is 11.6 Å². The summed E-state index contributed by atoms with van der Waals surface area (Å²) in [5.74, 6) is -1.72. The topological polar surface area (TPSA) is 37.8 Å². The third-order valence-electron chi connectivity index (χ3n) is 2.48. The van der Waals surface area contributed by atoms with Gasteiger partial charge in [-0.15, -0.1) is 0 Å². The zero-order chi connectivity index (χ0) is 12.3. The predicted molar refractivity (Wildman–Crippen MR) is 59.3 cm³/mol. The lowest BCUT2D eigenvalue weighted by Crippen LogP contribution is -2.20. The van der Waals surface area contributed by atoms with Crippen LogP contribution in [0.1, 0.15) is 17.3 Å². The smallest absolute Gasteiger partial charge is 0.163 e. The van der Waals surface area contributed by atoms with Gasteiger partial charge in [0.2, 0.25) is 0 Å². The Morgan fingerprint density at radius 2 is 2.06 bits per heavy atom. The Bertz CT molecular complexity index is 502. The lowest BCUT2D eigenvalue weighted by atomic mass is 10.0. The van der Waals surface area contributed by atoms with Crippen LogP contribution in [0, 0.1) is 11.6 Å². The van der Waals surface area contributed by atoms with E-state index in [2.05, 4.69) is 15.3 Å². The van der Waals surface area contributed by atoms with Crippen molar-refractivity contribution in [2.24, 2.45) is 0 Å². The molecule has 17 heavy (non-hydrogen) atoms. The van der Waals surface area contributed by atoms with Gasteiger partial charge in [-0.25, -0.2) is 18.7 Å². The summed E-state index contributed by atoms with van der Waals surface area (Å²) >= 11 is 0. The average molecular weight is 235 g/mol. The summed E-state index contributed by atoms with van der Waals surface area (Å²) in [5.41, 5.74) is 0.818. The molecule has 88 valence electrons. The average Bonchev–Trinajstić information content (AvgIpc) is 2.37. The van der Waals surface area contributed by atoms with Crippen molar-refractivity contribution in [3.05, 3.63) is 59.7 Å². The molecule has 0 radical (unpaired) electrons. The van der Waals surface area contributed by atoms with E-state index in [-0.39, 0.29) is 5.56 Å².